The predicted octanol–water partition coefficient (Wildman–Crippen LogP) is 7.49. The van der Waals surface area contributed by atoms with Gasteiger partial charge in [0, 0.05) is 42.6 Å². The Hall–Kier alpha value is -2.44. The number of ether oxygens (including phenoxy) is 1. The third kappa shape index (κ3) is 8.32. The maximum Gasteiger partial charge on any atom is 0.318 e. The molecule has 0 unspecified atom stereocenters. The van der Waals surface area contributed by atoms with Gasteiger partial charge in [-0.2, -0.15) is 0 Å². The summed E-state index contributed by atoms with van der Waals surface area (Å²) in [5.74, 6) is 2.14. The lowest BCUT2D eigenvalue weighted by atomic mass is 9.88. The van der Waals surface area contributed by atoms with Crippen molar-refractivity contribution in [3.63, 3.8) is 0 Å². The Balaban J connectivity index is 1.45. The quantitative estimate of drug-likeness (QED) is 0.307. The highest BCUT2D eigenvalue weighted by atomic mass is 35.5. The second-order valence-electron chi connectivity index (χ2n) is 12.0. The molecule has 3 amide bonds. The lowest BCUT2D eigenvalue weighted by Gasteiger charge is -2.35. The lowest BCUT2D eigenvalue weighted by Crippen LogP contribution is -2.54. The number of carbonyl (C=O) groups is 2. The summed E-state index contributed by atoms with van der Waals surface area (Å²) in [6, 6.07) is 10.9. The van der Waals surface area contributed by atoms with E-state index in [0.29, 0.717) is 48.0 Å². The summed E-state index contributed by atoms with van der Waals surface area (Å²) in [4.78, 5) is 30.7. The highest BCUT2D eigenvalue weighted by molar-refractivity contribution is 6.31. The Morgan fingerprint density at radius 1 is 0.976 bits per heavy atom. The number of hydrogen-bond acceptors (Lipinski definition) is 3. The molecule has 2 atom stereocenters. The molecule has 2 aliphatic rings. The third-order valence-electron chi connectivity index (χ3n) is 8.86. The van der Waals surface area contributed by atoms with E-state index in [0.717, 1.165) is 67.6 Å². The van der Waals surface area contributed by atoms with E-state index < -0.39 is 6.04 Å². The first-order valence-corrected chi connectivity index (χ1v) is 15.9. The van der Waals surface area contributed by atoms with E-state index in [2.05, 4.69) is 32.2 Å². The van der Waals surface area contributed by atoms with Crippen LogP contribution in [0.2, 0.25) is 10.0 Å². The van der Waals surface area contributed by atoms with E-state index in [1.807, 2.05) is 47.1 Å². The van der Waals surface area contributed by atoms with E-state index in [-0.39, 0.29) is 17.9 Å². The number of halogens is 2. The second kappa shape index (κ2) is 14.6. The van der Waals surface area contributed by atoms with Crippen LogP contribution in [0, 0.1) is 18.8 Å². The van der Waals surface area contributed by atoms with Gasteiger partial charge >= 0.3 is 6.03 Å². The van der Waals surface area contributed by atoms with Gasteiger partial charge in [0.2, 0.25) is 5.91 Å². The molecule has 0 bridgehead atoms. The molecule has 0 saturated carbocycles. The van der Waals surface area contributed by atoms with Crippen molar-refractivity contribution in [3.05, 3.63) is 63.1 Å². The van der Waals surface area contributed by atoms with Crippen LogP contribution >= 0.6 is 23.2 Å². The molecule has 2 aromatic carbocycles. The average Bonchev–Trinajstić information content (AvgIpc) is 3.49. The zero-order valence-electron chi connectivity index (χ0n) is 24.9. The number of hydrogen-bond donors (Lipinski definition) is 1. The molecule has 8 heteroatoms. The topological polar surface area (TPSA) is 61.9 Å². The van der Waals surface area contributed by atoms with Crippen LogP contribution in [-0.4, -0.2) is 60.6 Å². The zero-order valence-corrected chi connectivity index (χ0v) is 26.4. The normalized spacial score (nSPS) is 17.5. The third-order valence-corrected chi connectivity index (χ3v) is 9.33. The van der Waals surface area contributed by atoms with Gasteiger partial charge < -0.3 is 19.9 Å². The smallest absolute Gasteiger partial charge is 0.318 e. The van der Waals surface area contributed by atoms with Crippen LogP contribution in [0.5, 0.6) is 5.75 Å². The number of piperidine rings is 1. The van der Waals surface area contributed by atoms with Gasteiger partial charge in [-0.1, -0.05) is 56.1 Å². The molecule has 2 aromatic rings. The van der Waals surface area contributed by atoms with Crippen molar-refractivity contribution in [2.75, 3.05) is 32.8 Å². The maximum atomic E-state index is 13.9. The molecule has 1 N–H and O–H groups in total. The van der Waals surface area contributed by atoms with E-state index >= 15 is 0 Å². The predicted molar refractivity (Wildman–Crippen MR) is 167 cm³/mol. The highest BCUT2D eigenvalue weighted by Gasteiger charge is 2.32. The summed E-state index contributed by atoms with van der Waals surface area (Å²) in [7, 11) is 0. The molecule has 4 rings (SSSR count). The number of nitrogens with one attached hydrogen (secondary N) is 1. The van der Waals surface area contributed by atoms with Gasteiger partial charge in [-0.25, -0.2) is 4.79 Å². The minimum absolute atomic E-state index is 0.0272. The van der Waals surface area contributed by atoms with Gasteiger partial charge in [0.05, 0.1) is 6.61 Å². The summed E-state index contributed by atoms with van der Waals surface area (Å²) >= 11 is 12.5. The number of benzene rings is 2. The molecular weight excluding hydrogens is 557 g/mol. The van der Waals surface area contributed by atoms with E-state index in [1.165, 1.54) is 0 Å². The second-order valence-corrected chi connectivity index (χ2v) is 12.8. The number of rotatable bonds is 10. The van der Waals surface area contributed by atoms with Crippen molar-refractivity contribution in [1.29, 1.82) is 0 Å². The van der Waals surface area contributed by atoms with Crippen LogP contribution in [0.4, 0.5) is 4.79 Å². The van der Waals surface area contributed by atoms with E-state index in [1.54, 1.807) is 0 Å². The van der Waals surface area contributed by atoms with Gasteiger partial charge in [0.25, 0.3) is 0 Å². The molecule has 0 spiro atoms. The first-order chi connectivity index (χ1) is 19.7. The molecule has 6 nitrogen and oxygen atoms in total. The van der Waals surface area contributed by atoms with Gasteiger partial charge in [0.15, 0.2) is 0 Å². The number of nitrogens with zero attached hydrogens (tertiary/aromatic N) is 2. The van der Waals surface area contributed by atoms with Gasteiger partial charge in [-0.3, -0.25) is 4.79 Å². The number of aryl methyl sites for hydroxylation is 1. The number of amides is 3. The molecular formula is C33H45Cl2N3O3. The highest BCUT2D eigenvalue weighted by Crippen LogP contribution is 2.37. The van der Waals surface area contributed by atoms with Crippen molar-refractivity contribution in [2.45, 2.75) is 78.2 Å². The summed E-state index contributed by atoms with van der Waals surface area (Å²) < 4.78 is 6.35. The summed E-state index contributed by atoms with van der Waals surface area (Å²) in [6.45, 7) is 12.1. The maximum absolute atomic E-state index is 13.9. The first-order valence-electron chi connectivity index (χ1n) is 15.2. The Morgan fingerprint density at radius 3 is 2.27 bits per heavy atom. The first kappa shape index (κ1) is 31.5. The molecule has 0 aliphatic carbocycles. The van der Waals surface area contributed by atoms with E-state index in [9.17, 15) is 9.59 Å². The minimum Gasteiger partial charge on any atom is -0.493 e. The average molecular weight is 603 g/mol. The summed E-state index contributed by atoms with van der Waals surface area (Å²) in [5, 5.41) is 4.41. The Kier molecular flexibility index (Phi) is 11.2. The van der Waals surface area contributed by atoms with Crippen LogP contribution in [0.1, 0.15) is 75.5 Å². The van der Waals surface area contributed by atoms with Crippen molar-refractivity contribution < 1.29 is 14.3 Å². The van der Waals surface area contributed by atoms with Crippen LogP contribution in [0.25, 0.3) is 0 Å². The largest absolute Gasteiger partial charge is 0.493 e. The molecule has 41 heavy (non-hydrogen) atoms. The monoisotopic (exact) mass is 601 g/mol. The van der Waals surface area contributed by atoms with Gasteiger partial charge in [-0.05, 0) is 97.7 Å². The Bertz CT molecular complexity index is 1190. The van der Waals surface area contributed by atoms with Crippen molar-refractivity contribution >= 4 is 35.1 Å². The molecule has 2 saturated heterocycles. The zero-order chi connectivity index (χ0) is 29.5. The standard InChI is InChI=1S/C33H45Cl2N3O3/c1-5-24(22(2)3)21-41-31-20-28(35)10-11-29(31)25-12-16-37(17-13-25)32(39)30(36-33(40)38-14-6-7-15-38)19-26-8-9-27(34)18-23(26)4/h8-11,18,20,22,24-25,30H,5-7,12-17,19,21H2,1-4H3,(H,36,40)/t24-,30-/m1/s1. The number of urea groups is 1. The summed E-state index contributed by atoms with van der Waals surface area (Å²) in [6.07, 6.45) is 5.17. The fourth-order valence-electron chi connectivity index (χ4n) is 6.05. The van der Waals surface area contributed by atoms with Gasteiger partial charge in [0.1, 0.15) is 11.8 Å². The molecule has 0 aromatic heterocycles. The lowest BCUT2D eigenvalue weighted by molar-refractivity contribution is -0.134. The fourth-order valence-corrected chi connectivity index (χ4v) is 6.44. The van der Waals surface area contributed by atoms with Crippen molar-refractivity contribution in [2.24, 2.45) is 11.8 Å². The fraction of sp³-hybridized carbons (Fsp3) is 0.576. The number of carbonyl (C=O) groups excluding carboxylic acids is 2. The van der Waals surface area contributed by atoms with Crippen LogP contribution < -0.4 is 10.1 Å². The molecule has 2 heterocycles. The molecule has 224 valence electrons. The Morgan fingerprint density at radius 2 is 1.63 bits per heavy atom. The molecule has 0 radical (unpaired) electrons. The van der Waals surface area contributed by atoms with Crippen LogP contribution in [-0.2, 0) is 11.2 Å². The number of likely N-dealkylation sites (tertiary alicyclic amines) is 2. The SMILES string of the molecule is CC[C@H](COc1cc(Cl)ccc1C1CCN(C(=O)[C@@H](Cc2ccc(Cl)cc2C)NC(=O)N2CCCC2)CC1)C(C)C. The Labute approximate surface area is 255 Å². The van der Waals surface area contributed by atoms with Crippen molar-refractivity contribution in [1.82, 2.24) is 15.1 Å². The van der Waals surface area contributed by atoms with Crippen LogP contribution in [0.15, 0.2) is 36.4 Å². The van der Waals surface area contributed by atoms with E-state index in [4.69, 9.17) is 27.9 Å². The minimum atomic E-state index is -0.629. The van der Waals surface area contributed by atoms with Crippen molar-refractivity contribution in [3.8, 4) is 5.75 Å². The molecule has 2 fully saturated rings. The molecule has 2 aliphatic heterocycles. The summed E-state index contributed by atoms with van der Waals surface area (Å²) in [5.41, 5.74) is 3.19. The van der Waals surface area contributed by atoms with Crippen LogP contribution in [0.3, 0.4) is 0 Å². The van der Waals surface area contributed by atoms with Gasteiger partial charge in [-0.15, -0.1) is 0 Å².